The summed E-state index contributed by atoms with van der Waals surface area (Å²) in [7, 11) is 0. The van der Waals surface area contributed by atoms with Gasteiger partial charge in [0, 0.05) is 23.1 Å². The molecule has 3 unspecified atom stereocenters. The van der Waals surface area contributed by atoms with E-state index in [0.29, 0.717) is 42.5 Å². The summed E-state index contributed by atoms with van der Waals surface area (Å²) in [4.78, 5) is 18.4. The van der Waals surface area contributed by atoms with E-state index in [4.69, 9.17) is 19.2 Å². The maximum absolute atomic E-state index is 15.3. The quantitative estimate of drug-likeness (QED) is 0.273. The van der Waals surface area contributed by atoms with Crippen LogP contribution in [0.1, 0.15) is 44.4 Å². The van der Waals surface area contributed by atoms with Crippen LogP contribution in [0.15, 0.2) is 60.2 Å². The van der Waals surface area contributed by atoms with E-state index in [-0.39, 0.29) is 24.1 Å². The lowest BCUT2D eigenvalue weighted by Crippen LogP contribution is -2.26. The number of pyridine rings is 1. The van der Waals surface area contributed by atoms with Crippen molar-refractivity contribution in [2.75, 3.05) is 31.3 Å². The van der Waals surface area contributed by atoms with Crippen molar-refractivity contribution in [1.82, 2.24) is 4.98 Å². The molecule has 6 atom stereocenters. The van der Waals surface area contributed by atoms with Crippen molar-refractivity contribution in [1.29, 1.82) is 0 Å². The predicted molar refractivity (Wildman–Crippen MR) is 165 cm³/mol. The Bertz CT molecular complexity index is 1540. The fourth-order valence-corrected chi connectivity index (χ4v) is 7.26. The molecule has 0 N–H and O–H groups in total. The third-order valence-corrected chi connectivity index (χ3v) is 9.70. The molecule has 4 heterocycles. The molecule has 3 aliphatic heterocycles. The third-order valence-electron chi connectivity index (χ3n) is 9.70. The summed E-state index contributed by atoms with van der Waals surface area (Å²) in [6.45, 7) is 8.95. The Labute approximate surface area is 252 Å². The number of anilines is 1. The minimum atomic E-state index is -0.313. The fourth-order valence-electron chi connectivity index (χ4n) is 7.26. The zero-order valence-electron chi connectivity index (χ0n) is 25.1. The average molecular weight is 583 g/mol. The number of halogens is 1. The Morgan fingerprint density at radius 1 is 1.00 bits per heavy atom. The molecule has 43 heavy (non-hydrogen) atoms. The van der Waals surface area contributed by atoms with E-state index < -0.39 is 0 Å². The first-order chi connectivity index (χ1) is 20.9. The van der Waals surface area contributed by atoms with Crippen molar-refractivity contribution in [3.8, 4) is 22.4 Å². The zero-order valence-corrected chi connectivity index (χ0v) is 25.1. The van der Waals surface area contributed by atoms with Gasteiger partial charge in [-0.2, -0.15) is 0 Å². The number of benzene rings is 2. The molecule has 3 saturated heterocycles. The molecule has 1 aliphatic carbocycles. The standard InChI is InChI=1S/C36H39FN2O4/c1-4-5-26(28-18-29(28)30-20-43-34-22(3)19-42-35(30)34)17-32-21(2)16-31(37)33(38-32)25-8-6-23(7-9-25)24-10-12-27(13-11-24)39-14-15-41-36(39)40/h6-13,16-17,22,28-30,34-35H,4-5,14-15,18-20H2,1-3H3/b26-17+/t22-,28?,29?,30+,34-,35?/m1/s1. The number of aryl methyl sites for hydroxylation is 1. The van der Waals surface area contributed by atoms with Gasteiger partial charge in [-0.25, -0.2) is 14.2 Å². The van der Waals surface area contributed by atoms with Gasteiger partial charge in [-0.3, -0.25) is 4.90 Å². The van der Waals surface area contributed by atoms with Crippen LogP contribution in [-0.4, -0.2) is 49.7 Å². The van der Waals surface area contributed by atoms with Crippen LogP contribution in [0.5, 0.6) is 0 Å². The van der Waals surface area contributed by atoms with Crippen molar-refractivity contribution in [3.63, 3.8) is 0 Å². The van der Waals surface area contributed by atoms with Gasteiger partial charge < -0.3 is 14.2 Å². The summed E-state index contributed by atoms with van der Waals surface area (Å²) in [6, 6.07) is 17.3. The summed E-state index contributed by atoms with van der Waals surface area (Å²) in [5.41, 5.74) is 7.07. The van der Waals surface area contributed by atoms with Crippen LogP contribution in [0.3, 0.4) is 0 Å². The highest BCUT2D eigenvalue weighted by Gasteiger charge is 2.55. The maximum Gasteiger partial charge on any atom is 0.414 e. The Morgan fingerprint density at radius 2 is 1.70 bits per heavy atom. The average Bonchev–Trinajstić information content (AvgIpc) is 3.28. The number of aromatic nitrogens is 1. The second-order valence-electron chi connectivity index (χ2n) is 12.6. The van der Waals surface area contributed by atoms with E-state index in [0.717, 1.165) is 59.7 Å². The molecular formula is C36H39FN2O4. The SMILES string of the molecule is CCC/C(=C\c1nc(-c2ccc(-c3ccc(N4CCOC4=O)cc3)cc2)c(F)cc1C)C1CC1[C@@H]1CO[C@H]2C1OC[C@H]2C. The van der Waals surface area contributed by atoms with Gasteiger partial charge in [-0.15, -0.1) is 0 Å². The number of carbonyl (C=O) groups excluding carboxylic acids is 1. The number of amides is 1. The zero-order chi connectivity index (χ0) is 29.7. The Kier molecular flexibility index (Phi) is 7.56. The summed E-state index contributed by atoms with van der Waals surface area (Å²) >= 11 is 0. The van der Waals surface area contributed by atoms with Crippen LogP contribution in [0.25, 0.3) is 28.5 Å². The van der Waals surface area contributed by atoms with E-state index >= 15 is 4.39 Å². The van der Waals surface area contributed by atoms with Crippen LogP contribution in [0.4, 0.5) is 14.9 Å². The summed E-state index contributed by atoms with van der Waals surface area (Å²) < 4.78 is 32.6. The lowest BCUT2D eigenvalue weighted by Gasteiger charge is -2.17. The minimum absolute atomic E-state index is 0.231. The van der Waals surface area contributed by atoms with E-state index in [1.54, 1.807) is 11.0 Å². The van der Waals surface area contributed by atoms with Crippen molar-refractivity contribution in [2.24, 2.45) is 23.7 Å². The molecule has 1 amide bonds. The Morgan fingerprint density at radius 3 is 2.40 bits per heavy atom. The van der Waals surface area contributed by atoms with Gasteiger partial charge in [-0.05, 0) is 72.6 Å². The van der Waals surface area contributed by atoms with Crippen molar-refractivity contribution < 1.29 is 23.4 Å². The number of hydrogen-bond donors (Lipinski definition) is 0. The van der Waals surface area contributed by atoms with Crippen LogP contribution >= 0.6 is 0 Å². The highest BCUT2D eigenvalue weighted by Crippen LogP contribution is 2.55. The van der Waals surface area contributed by atoms with Crippen LogP contribution < -0.4 is 4.90 Å². The number of ether oxygens (including phenoxy) is 3. The number of nitrogens with zero attached hydrogens (tertiary/aromatic N) is 2. The number of hydrogen-bond acceptors (Lipinski definition) is 5. The second-order valence-corrected chi connectivity index (χ2v) is 12.6. The number of carbonyl (C=O) groups is 1. The topological polar surface area (TPSA) is 60.9 Å². The smallest absolute Gasteiger partial charge is 0.414 e. The first-order valence-corrected chi connectivity index (χ1v) is 15.7. The molecular weight excluding hydrogens is 543 g/mol. The number of cyclic esters (lactones) is 1. The van der Waals surface area contributed by atoms with E-state index in [2.05, 4.69) is 19.9 Å². The molecule has 1 saturated carbocycles. The van der Waals surface area contributed by atoms with Crippen molar-refractivity contribution in [3.05, 3.63) is 77.2 Å². The highest BCUT2D eigenvalue weighted by molar-refractivity contribution is 5.89. The number of rotatable bonds is 8. The molecule has 3 aromatic rings. The van der Waals surface area contributed by atoms with Gasteiger partial charge in [0.1, 0.15) is 18.1 Å². The first kappa shape index (κ1) is 28.2. The number of fused-ring (bicyclic) bond motifs is 1. The molecule has 1 aromatic heterocycles. The van der Waals surface area contributed by atoms with Crippen LogP contribution in [0, 0.1) is 36.4 Å². The maximum atomic E-state index is 15.3. The molecule has 0 spiro atoms. The van der Waals surface area contributed by atoms with Gasteiger partial charge in [0.25, 0.3) is 0 Å². The highest BCUT2D eigenvalue weighted by atomic mass is 19.1. The van der Waals surface area contributed by atoms with Crippen LogP contribution in [-0.2, 0) is 14.2 Å². The molecule has 4 aliphatic rings. The summed E-state index contributed by atoms with van der Waals surface area (Å²) in [5.74, 6) is 1.73. The molecule has 4 fully saturated rings. The molecule has 0 radical (unpaired) electrons. The minimum Gasteiger partial charge on any atom is -0.447 e. The predicted octanol–water partition coefficient (Wildman–Crippen LogP) is 7.69. The van der Waals surface area contributed by atoms with Gasteiger partial charge in [0.2, 0.25) is 0 Å². The van der Waals surface area contributed by atoms with Crippen LogP contribution in [0.2, 0.25) is 0 Å². The van der Waals surface area contributed by atoms with Crippen molar-refractivity contribution in [2.45, 2.75) is 52.2 Å². The monoisotopic (exact) mass is 582 g/mol. The molecule has 224 valence electrons. The van der Waals surface area contributed by atoms with Gasteiger partial charge in [0.15, 0.2) is 0 Å². The normalized spacial score (nSPS) is 28.3. The molecule has 6 nitrogen and oxygen atoms in total. The lowest BCUT2D eigenvalue weighted by molar-refractivity contribution is 0.0585. The van der Waals surface area contributed by atoms with Gasteiger partial charge >= 0.3 is 6.09 Å². The molecule has 0 bridgehead atoms. The van der Waals surface area contributed by atoms with Gasteiger partial charge in [-0.1, -0.05) is 62.2 Å². The summed E-state index contributed by atoms with van der Waals surface area (Å²) in [6.07, 6.45) is 5.63. The first-order valence-electron chi connectivity index (χ1n) is 15.7. The molecule has 7 rings (SSSR count). The molecule has 7 heteroatoms. The number of allylic oxidation sites excluding steroid dienone is 1. The van der Waals surface area contributed by atoms with Crippen molar-refractivity contribution >= 4 is 17.9 Å². The van der Waals surface area contributed by atoms with E-state index in [1.807, 2.05) is 55.5 Å². The third kappa shape index (κ3) is 5.38. The van der Waals surface area contributed by atoms with E-state index in [1.165, 1.54) is 12.0 Å². The lowest BCUT2D eigenvalue weighted by atomic mass is 9.90. The molecule has 2 aromatic carbocycles. The van der Waals surface area contributed by atoms with E-state index in [9.17, 15) is 4.79 Å². The fraction of sp³-hybridized carbons (Fsp3) is 0.444. The summed E-state index contributed by atoms with van der Waals surface area (Å²) in [5, 5.41) is 0. The second kappa shape index (κ2) is 11.5. The largest absolute Gasteiger partial charge is 0.447 e. The Hall–Kier alpha value is -3.55. The van der Waals surface area contributed by atoms with Gasteiger partial charge in [0.05, 0.1) is 37.7 Å². The Balaban J connectivity index is 1.10.